The summed E-state index contributed by atoms with van der Waals surface area (Å²) in [6, 6.07) is 1.61. The number of halogens is 6. The van der Waals surface area contributed by atoms with Gasteiger partial charge >= 0.3 is 12.4 Å². The molecular weight excluding hydrogens is 304 g/mol. The molecular formula is C12H13F6NS. The Labute approximate surface area is 116 Å². The van der Waals surface area contributed by atoms with E-state index in [4.69, 9.17) is 0 Å². The van der Waals surface area contributed by atoms with Crippen LogP contribution in [0.3, 0.4) is 0 Å². The summed E-state index contributed by atoms with van der Waals surface area (Å²) in [6.45, 7) is 0.478. The van der Waals surface area contributed by atoms with Crippen LogP contribution in [0.4, 0.5) is 26.3 Å². The Kier molecular flexibility index (Phi) is 5.76. The lowest BCUT2D eigenvalue weighted by Gasteiger charge is -2.14. The summed E-state index contributed by atoms with van der Waals surface area (Å²) >= 11 is 1.53. The van der Waals surface area contributed by atoms with Crippen molar-refractivity contribution in [3.05, 3.63) is 34.9 Å². The van der Waals surface area contributed by atoms with Crippen molar-refractivity contribution < 1.29 is 26.3 Å². The van der Waals surface area contributed by atoms with Crippen molar-refractivity contribution in [1.82, 2.24) is 5.32 Å². The molecule has 114 valence electrons. The highest BCUT2D eigenvalue weighted by molar-refractivity contribution is 7.98. The maximum atomic E-state index is 12.6. The van der Waals surface area contributed by atoms with E-state index in [0.29, 0.717) is 6.54 Å². The Morgan fingerprint density at radius 2 is 1.45 bits per heavy atom. The summed E-state index contributed by atoms with van der Waals surface area (Å²) in [6.07, 6.45) is -7.74. The van der Waals surface area contributed by atoms with Crippen LogP contribution in [-0.4, -0.2) is 18.6 Å². The highest BCUT2D eigenvalue weighted by Crippen LogP contribution is 2.36. The fourth-order valence-corrected chi connectivity index (χ4v) is 1.88. The Morgan fingerprint density at radius 1 is 0.950 bits per heavy atom. The van der Waals surface area contributed by atoms with Gasteiger partial charge in [0.05, 0.1) is 11.1 Å². The van der Waals surface area contributed by atoms with Gasteiger partial charge in [0.2, 0.25) is 0 Å². The lowest BCUT2D eigenvalue weighted by molar-refractivity contribution is -0.143. The quantitative estimate of drug-likeness (QED) is 0.646. The van der Waals surface area contributed by atoms with Crippen molar-refractivity contribution in [3.8, 4) is 0 Å². The zero-order chi connectivity index (χ0) is 15.4. The van der Waals surface area contributed by atoms with Crippen molar-refractivity contribution in [1.29, 1.82) is 0 Å². The molecule has 0 radical (unpaired) electrons. The molecule has 1 rings (SSSR count). The first-order chi connectivity index (χ1) is 9.14. The molecule has 0 spiro atoms. The van der Waals surface area contributed by atoms with Crippen molar-refractivity contribution in [2.24, 2.45) is 0 Å². The lowest BCUT2D eigenvalue weighted by atomic mass is 10.0. The van der Waals surface area contributed by atoms with E-state index < -0.39 is 23.5 Å². The number of hydrogen-bond donors (Lipinski definition) is 1. The predicted molar refractivity (Wildman–Crippen MR) is 66.5 cm³/mol. The van der Waals surface area contributed by atoms with Gasteiger partial charge in [-0.2, -0.15) is 38.1 Å². The van der Waals surface area contributed by atoms with Crippen LogP contribution >= 0.6 is 11.8 Å². The van der Waals surface area contributed by atoms with E-state index in [1.165, 1.54) is 11.8 Å². The van der Waals surface area contributed by atoms with E-state index in [1.54, 1.807) is 0 Å². The summed E-state index contributed by atoms with van der Waals surface area (Å²) in [5.74, 6) is 0.727. The van der Waals surface area contributed by atoms with E-state index >= 15 is 0 Å². The smallest absolute Gasteiger partial charge is 0.312 e. The topological polar surface area (TPSA) is 12.0 Å². The summed E-state index contributed by atoms with van der Waals surface area (Å²) < 4.78 is 75.5. The van der Waals surface area contributed by atoms with Gasteiger partial charge in [-0.05, 0) is 30.0 Å². The molecule has 0 aliphatic rings. The molecule has 0 saturated carbocycles. The van der Waals surface area contributed by atoms with E-state index in [-0.39, 0.29) is 18.2 Å². The Bertz CT molecular complexity index is 408. The minimum absolute atomic E-state index is 0.0340. The van der Waals surface area contributed by atoms with E-state index in [0.717, 1.165) is 17.9 Å². The fourth-order valence-electron chi connectivity index (χ4n) is 1.53. The van der Waals surface area contributed by atoms with Gasteiger partial charge in [0, 0.05) is 18.8 Å². The van der Waals surface area contributed by atoms with Crippen LogP contribution in [0.1, 0.15) is 16.7 Å². The summed E-state index contributed by atoms with van der Waals surface area (Å²) in [4.78, 5) is 0. The molecule has 8 heteroatoms. The molecule has 0 unspecified atom stereocenters. The van der Waals surface area contributed by atoms with Crippen LogP contribution in [0, 0.1) is 0 Å². The Hall–Kier alpha value is -0.890. The van der Waals surface area contributed by atoms with E-state index in [2.05, 4.69) is 5.32 Å². The monoisotopic (exact) mass is 317 g/mol. The number of alkyl halides is 6. The molecule has 1 aromatic carbocycles. The van der Waals surface area contributed by atoms with Gasteiger partial charge in [-0.15, -0.1) is 0 Å². The second kappa shape index (κ2) is 6.71. The third-order valence-corrected chi connectivity index (χ3v) is 3.07. The number of rotatable bonds is 5. The van der Waals surface area contributed by atoms with Gasteiger partial charge in [0.15, 0.2) is 0 Å². The second-order valence-corrected chi connectivity index (χ2v) is 5.07. The van der Waals surface area contributed by atoms with Crippen LogP contribution in [-0.2, 0) is 18.9 Å². The first-order valence-corrected chi connectivity index (χ1v) is 7.02. The van der Waals surface area contributed by atoms with Crippen LogP contribution in [0.25, 0.3) is 0 Å². The van der Waals surface area contributed by atoms with Crippen LogP contribution in [0.5, 0.6) is 0 Å². The molecule has 0 aliphatic heterocycles. The Morgan fingerprint density at radius 3 is 1.85 bits per heavy atom. The standard InChI is InChI=1S/C12H13F6NS/c1-20-3-2-19-7-8-4-9(11(13,14)15)6-10(5-8)12(16,17)18/h4-6,19H,2-3,7H2,1H3. The summed E-state index contributed by atoms with van der Waals surface area (Å²) in [5, 5.41) is 2.80. The van der Waals surface area contributed by atoms with Crippen LogP contribution in [0.2, 0.25) is 0 Å². The molecule has 0 saturated heterocycles. The molecule has 1 aromatic rings. The second-order valence-electron chi connectivity index (χ2n) is 4.08. The first kappa shape index (κ1) is 17.2. The van der Waals surface area contributed by atoms with Gasteiger partial charge in [-0.1, -0.05) is 0 Å². The minimum Gasteiger partial charge on any atom is -0.312 e. The summed E-state index contributed by atoms with van der Waals surface area (Å²) in [7, 11) is 0. The Balaban J connectivity index is 2.99. The third-order valence-electron chi connectivity index (χ3n) is 2.46. The minimum atomic E-state index is -4.80. The predicted octanol–water partition coefficient (Wildman–Crippen LogP) is 4.18. The van der Waals surface area contributed by atoms with Crippen LogP contribution < -0.4 is 5.32 Å². The zero-order valence-electron chi connectivity index (χ0n) is 10.5. The summed E-state index contributed by atoms with van der Waals surface area (Å²) in [5.41, 5.74) is -2.60. The molecule has 0 bridgehead atoms. The van der Waals surface area contributed by atoms with Gasteiger partial charge < -0.3 is 5.32 Å². The molecule has 0 aromatic heterocycles. The molecule has 1 N–H and O–H groups in total. The SMILES string of the molecule is CSCCNCc1cc(C(F)(F)F)cc(C(F)(F)F)c1. The maximum absolute atomic E-state index is 12.6. The van der Waals surface area contributed by atoms with Crippen molar-refractivity contribution in [2.45, 2.75) is 18.9 Å². The number of nitrogens with one attached hydrogen (secondary N) is 1. The number of thioether (sulfide) groups is 1. The average molecular weight is 317 g/mol. The van der Waals surface area contributed by atoms with Crippen LogP contribution in [0.15, 0.2) is 18.2 Å². The molecule has 1 nitrogen and oxygen atoms in total. The van der Waals surface area contributed by atoms with Crippen molar-refractivity contribution in [2.75, 3.05) is 18.6 Å². The largest absolute Gasteiger partial charge is 0.416 e. The highest BCUT2D eigenvalue weighted by atomic mass is 32.2. The zero-order valence-corrected chi connectivity index (χ0v) is 11.3. The van der Waals surface area contributed by atoms with Gasteiger partial charge in [0.1, 0.15) is 0 Å². The van der Waals surface area contributed by atoms with Gasteiger partial charge in [0.25, 0.3) is 0 Å². The fraction of sp³-hybridized carbons (Fsp3) is 0.500. The number of hydrogen-bond acceptors (Lipinski definition) is 2. The molecule has 0 heterocycles. The lowest BCUT2D eigenvalue weighted by Crippen LogP contribution is -2.18. The third kappa shape index (κ3) is 5.24. The van der Waals surface area contributed by atoms with Crippen molar-refractivity contribution in [3.63, 3.8) is 0 Å². The highest BCUT2D eigenvalue weighted by Gasteiger charge is 2.36. The van der Waals surface area contributed by atoms with E-state index in [9.17, 15) is 26.3 Å². The molecule has 0 amide bonds. The van der Waals surface area contributed by atoms with E-state index in [1.807, 2.05) is 6.26 Å². The normalized spacial score (nSPS) is 12.8. The molecule has 20 heavy (non-hydrogen) atoms. The average Bonchev–Trinajstić information content (AvgIpc) is 2.32. The van der Waals surface area contributed by atoms with Gasteiger partial charge in [-0.3, -0.25) is 0 Å². The van der Waals surface area contributed by atoms with Gasteiger partial charge in [-0.25, -0.2) is 0 Å². The number of benzene rings is 1. The molecule has 0 aliphatic carbocycles. The van der Waals surface area contributed by atoms with Crippen molar-refractivity contribution >= 4 is 11.8 Å². The molecule has 0 fully saturated rings. The molecule has 0 atom stereocenters. The maximum Gasteiger partial charge on any atom is 0.416 e. The first-order valence-electron chi connectivity index (χ1n) is 5.62.